The van der Waals surface area contributed by atoms with E-state index in [1.165, 1.54) is 0 Å². The zero-order valence-corrected chi connectivity index (χ0v) is 15.2. The zero-order valence-electron chi connectivity index (χ0n) is 15.2. The molecule has 1 aliphatic rings. The standard InChI is InChI=1S/C19H31N3O3/c1-20-19(21-11-5-13-24-17-7-3-2-4-8-17)22-12-6-14-25-18-9-15-23-16-10-18/h2-4,7-8,18H,5-6,9-16H2,1H3,(H2,20,21,22). The molecule has 0 atom stereocenters. The Bertz CT molecular complexity index is 476. The predicted molar refractivity (Wildman–Crippen MR) is 100 cm³/mol. The molecule has 0 amide bonds. The van der Waals surface area contributed by atoms with Gasteiger partial charge in [0.15, 0.2) is 5.96 Å². The van der Waals surface area contributed by atoms with Gasteiger partial charge in [0.05, 0.1) is 12.7 Å². The number of nitrogens with zero attached hydrogens (tertiary/aromatic N) is 1. The van der Waals surface area contributed by atoms with Crippen molar-refractivity contribution in [3.8, 4) is 5.75 Å². The van der Waals surface area contributed by atoms with Crippen LogP contribution in [-0.4, -0.2) is 58.6 Å². The van der Waals surface area contributed by atoms with Gasteiger partial charge in [0.2, 0.25) is 0 Å². The summed E-state index contributed by atoms with van der Waals surface area (Å²) in [6.45, 7) is 4.79. The maximum absolute atomic E-state index is 5.86. The van der Waals surface area contributed by atoms with E-state index < -0.39 is 0 Å². The van der Waals surface area contributed by atoms with Crippen molar-refractivity contribution in [1.82, 2.24) is 10.6 Å². The molecule has 25 heavy (non-hydrogen) atoms. The van der Waals surface area contributed by atoms with Crippen LogP contribution >= 0.6 is 0 Å². The Morgan fingerprint density at radius 3 is 2.44 bits per heavy atom. The molecule has 0 aliphatic carbocycles. The lowest BCUT2D eigenvalue weighted by Crippen LogP contribution is -2.39. The normalized spacial score (nSPS) is 15.8. The Hall–Kier alpha value is -1.79. The summed E-state index contributed by atoms with van der Waals surface area (Å²) in [4.78, 5) is 4.23. The van der Waals surface area contributed by atoms with E-state index in [0.29, 0.717) is 12.7 Å². The number of benzene rings is 1. The van der Waals surface area contributed by atoms with Gasteiger partial charge in [-0.15, -0.1) is 0 Å². The van der Waals surface area contributed by atoms with Crippen molar-refractivity contribution < 1.29 is 14.2 Å². The number of guanidine groups is 1. The Morgan fingerprint density at radius 2 is 1.76 bits per heavy atom. The topological polar surface area (TPSA) is 64.1 Å². The molecule has 0 saturated carbocycles. The van der Waals surface area contributed by atoms with Crippen molar-refractivity contribution in [2.45, 2.75) is 31.8 Å². The Morgan fingerprint density at radius 1 is 1.08 bits per heavy atom. The summed E-state index contributed by atoms with van der Waals surface area (Å²) in [5, 5.41) is 6.61. The minimum atomic E-state index is 0.371. The summed E-state index contributed by atoms with van der Waals surface area (Å²) in [5.74, 6) is 1.74. The average Bonchev–Trinajstić information content (AvgIpc) is 2.67. The maximum atomic E-state index is 5.86. The monoisotopic (exact) mass is 349 g/mol. The number of hydrogen-bond donors (Lipinski definition) is 2. The van der Waals surface area contributed by atoms with E-state index in [2.05, 4.69) is 15.6 Å². The lowest BCUT2D eigenvalue weighted by atomic mass is 10.1. The van der Waals surface area contributed by atoms with E-state index in [1.807, 2.05) is 30.3 Å². The summed E-state index contributed by atoms with van der Waals surface area (Å²) < 4.78 is 16.9. The van der Waals surface area contributed by atoms with Gasteiger partial charge in [-0.05, 0) is 37.8 Å². The molecule has 2 rings (SSSR count). The fraction of sp³-hybridized carbons (Fsp3) is 0.632. The summed E-state index contributed by atoms with van der Waals surface area (Å²) in [6, 6.07) is 9.88. The van der Waals surface area contributed by atoms with E-state index in [9.17, 15) is 0 Å². The third-order valence-electron chi connectivity index (χ3n) is 3.98. The Kier molecular flexibility index (Phi) is 9.81. The highest BCUT2D eigenvalue weighted by Gasteiger charge is 2.13. The van der Waals surface area contributed by atoms with Crippen LogP contribution < -0.4 is 15.4 Å². The zero-order chi connectivity index (χ0) is 17.6. The van der Waals surface area contributed by atoms with E-state index in [1.54, 1.807) is 7.05 Å². The molecule has 6 nitrogen and oxygen atoms in total. The highest BCUT2D eigenvalue weighted by molar-refractivity contribution is 5.79. The third kappa shape index (κ3) is 8.74. The van der Waals surface area contributed by atoms with Gasteiger partial charge in [-0.3, -0.25) is 4.99 Å². The van der Waals surface area contributed by atoms with Crippen LogP contribution in [0.1, 0.15) is 25.7 Å². The molecule has 1 aliphatic heterocycles. The fourth-order valence-electron chi connectivity index (χ4n) is 2.58. The number of nitrogens with one attached hydrogen (secondary N) is 2. The van der Waals surface area contributed by atoms with Crippen molar-refractivity contribution in [3.63, 3.8) is 0 Å². The second-order valence-corrected chi connectivity index (χ2v) is 5.98. The number of ether oxygens (including phenoxy) is 3. The van der Waals surface area contributed by atoms with Gasteiger partial charge in [-0.25, -0.2) is 0 Å². The SMILES string of the molecule is CN=C(NCCCOc1ccccc1)NCCCOC1CCOCC1. The van der Waals surface area contributed by atoms with Gasteiger partial charge in [-0.2, -0.15) is 0 Å². The molecular weight excluding hydrogens is 318 g/mol. The molecule has 6 heteroatoms. The van der Waals surface area contributed by atoms with Crippen LogP contribution in [0.3, 0.4) is 0 Å². The fourth-order valence-corrected chi connectivity index (χ4v) is 2.58. The van der Waals surface area contributed by atoms with Crippen molar-refractivity contribution in [2.24, 2.45) is 4.99 Å². The van der Waals surface area contributed by atoms with Gasteiger partial charge in [0, 0.05) is 40.0 Å². The van der Waals surface area contributed by atoms with Crippen LogP contribution in [0.4, 0.5) is 0 Å². The first kappa shape index (κ1) is 19.5. The largest absolute Gasteiger partial charge is 0.494 e. The van der Waals surface area contributed by atoms with Crippen LogP contribution in [-0.2, 0) is 9.47 Å². The van der Waals surface area contributed by atoms with Gasteiger partial charge in [0.1, 0.15) is 5.75 Å². The number of hydrogen-bond acceptors (Lipinski definition) is 4. The van der Waals surface area contributed by atoms with Gasteiger partial charge in [0.25, 0.3) is 0 Å². The number of para-hydroxylation sites is 1. The van der Waals surface area contributed by atoms with E-state index >= 15 is 0 Å². The first-order chi connectivity index (χ1) is 12.4. The summed E-state index contributed by atoms with van der Waals surface area (Å²) >= 11 is 0. The van der Waals surface area contributed by atoms with Crippen LogP contribution in [0.2, 0.25) is 0 Å². The molecule has 1 fully saturated rings. The Balaban J connectivity index is 1.45. The lowest BCUT2D eigenvalue weighted by Gasteiger charge is -2.22. The average molecular weight is 349 g/mol. The molecule has 0 bridgehead atoms. The lowest BCUT2D eigenvalue weighted by molar-refractivity contribution is -0.0320. The van der Waals surface area contributed by atoms with Crippen molar-refractivity contribution in [1.29, 1.82) is 0 Å². The second kappa shape index (κ2) is 12.6. The molecule has 0 unspecified atom stereocenters. The highest BCUT2D eigenvalue weighted by Crippen LogP contribution is 2.10. The summed E-state index contributed by atoms with van der Waals surface area (Å²) in [6.07, 6.45) is 4.29. The van der Waals surface area contributed by atoms with E-state index in [4.69, 9.17) is 14.2 Å². The van der Waals surface area contributed by atoms with Gasteiger partial charge in [-0.1, -0.05) is 18.2 Å². The summed E-state index contributed by atoms with van der Waals surface area (Å²) in [5.41, 5.74) is 0. The smallest absolute Gasteiger partial charge is 0.190 e. The van der Waals surface area contributed by atoms with Crippen molar-refractivity contribution >= 4 is 5.96 Å². The molecule has 0 radical (unpaired) electrons. The van der Waals surface area contributed by atoms with E-state index in [0.717, 1.165) is 70.3 Å². The quantitative estimate of drug-likeness (QED) is 0.385. The van der Waals surface area contributed by atoms with Gasteiger partial charge < -0.3 is 24.8 Å². The second-order valence-electron chi connectivity index (χ2n) is 5.98. The molecule has 1 heterocycles. The predicted octanol–water partition coefficient (Wildman–Crippen LogP) is 2.21. The number of aliphatic imine (C=N–C) groups is 1. The molecule has 1 saturated heterocycles. The van der Waals surface area contributed by atoms with Crippen LogP contribution in [0.25, 0.3) is 0 Å². The Labute approximate surface area is 151 Å². The van der Waals surface area contributed by atoms with Gasteiger partial charge >= 0.3 is 0 Å². The van der Waals surface area contributed by atoms with Crippen LogP contribution in [0, 0.1) is 0 Å². The highest BCUT2D eigenvalue weighted by atomic mass is 16.5. The van der Waals surface area contributed by atoms with Crippen molar-refractivity contribution in [3.05, 3.63) is 30.3 Å². The molecular formula is C19H31N3O3. The van der Waals surface area contributed by atoms with Crippen LogP contribution in [0.5, 0.6) is 5.75 Å². The molecule has 2 N–H and O–H groups in total. The minimum Gasteiger partial charge on any atom is -0.494 e. The molecule has 0 aromatic heterocycles. The molecule has 0 spiro atoms. The van der Waals surface area contributed by atoms with Crippen molar-refractivity contribution in [2.75, 3.05) is 46.6 Å². The minimum absolute atomic E-state index is 0.371. The molecule has 1 aromatic carbocycles. The van der Waals surface area contributed by atoms with E-state index in [-0.39, 0.29) is 0 Å². The molecule has 140 valence electrons. The summed E-state index contributed by atoms with van der Waals surface area (Å²) in [7, 11) is 1.79. The number of rotatable bonds is 10. The molecule has 1 aromatic rings. The third-order valence-corrected chi connectivity index (χ3v) is 3.98. The first-order valence-corrected chi connectivity index (χ1v) is 9.20. The van der Waals surface area contributed by atoms with Crippen LogP contribution in [0.15, 0.2) is 35.3 Å². The first-order valence-electron chi connectivity index (χ1n) is 9.20. The maximum Gasteiger partial charge on any atom is 0.190 e.